The van der Waals surface area contributed by atoms with Gasteiger partial charge in [-0.15, -0.1) is 0 Å². The molecule has 0 unspecified atom stereocenters. The van der Waals surface area contributed by atoms with Gasteiger partial charge in [-0.05, 0) is 42.9 Å². The molecule has 1 aliphatic carbocycles. The quantitative estimate of drug-likeness (QED) is 0.803. The van der Waals surface area contributed by atoms with Gasteiger partial charge >= 0.3 is 0 Å². The third-order valence-corrected chi connectivity index (χ3v) is 4.99. The normalized spacial score (nSPS) is 15.1. The van der Waals surface area contributed by atoms with Gasteiger partial charge in [-0.3, -0.25) is 4.79 Å². The predicted octanol–water partition coefficient (Wildman–Crippen LogP) is 4.91. The van der Waals surface area contributed by atoms with E-state index in [4.69, 9.17) is 0 Å². The molecule has 0 bridgehead atoms. The molecule has 1 amide bonds. The lowest BCUT2D eigenvalue weighted by atomic mass is 9.96. The van der Waals surface area contributed by atoms with Crippen LogP contribution >= 0.6 is 0 Å². The summed E-state index contributed by atoms with van der Waals surface area (Å²) in [6, 6.07) is 8.17. The fourth-order valence-electron chi connectivity index (χ4n) is 3.50. The van der Waals surface area contributed by atoms with Crippen molar-refractivity contribution >= 4 is 17.5 Å². The van der Waals surface area contributed by atoms with Crippen molar-refractivity contribution < 1.29 is 4.79 Å². The summed E-state index contributed by atoms with van der Waals surface area (Å²) in [7, 11) is 0. The number of aromatic nitrogens is 2. The number of nitrogens with zero attached hydrogens (tertiary/aromatic N) is 2. The van der Waals surface area contributed by atoms with E-state index in [1.54, 1.807) is 12.3 Å². The fourth-order valence-corrected chi connectivity index (χ4v) is 3.50. The van der Waals surface area contributed by atoms with Crippen LogP contribution in [0.3, 0.4) is 0 Å². The highest BCUT2D eigenvalue weighted by atomic mass is 16.1. The Kier molecular flexibility index (Phi) is 5.86. The highest BCUT2D eigenvalue weighted by Gasteiger charge is 2.17. The molecular formula is C21H28N4O. The van der Waals surface area contributed by atoms with Crippen molar-refractivity contribution in [1.82, 2.24) is 9.97 Å². The Bertz CT molecular complexity index is 766. The number of nitrogens with one attached hydrogen (secondary N) is 2. The van der Waals surface area contributed by atoms with Gasteiger partial charge in [0.15, 0.2) is 0 Å². The van der Waals surface area contributed by atoms with E-state index in [0.717, 1.165) is 29.7 Å². The summed E-state index contributed by atoms with van der Waals surface area (Å²) in [5.41, 5.74) is 3.45. The number of amides is 1. The fraction of sp³-hybridized carbons (Fsp3) is 0.476. The number of rotatable bonds is 5. The topological polar surface area (TPSA) is 66.9 Å². The standard InChI is InChI=1S/C21H28N4O/c1-14(2)17-11-7-8-15(3)19(17)25-20(26)18-12-13-22-21(24-18)23-16-9-5-4-6-10-16/h7-8,11-14,16H,4-6,9-10H2,1-3H3,(H,25,26)(H,22,23,24). The van der Waals surface area contributed by atoms with Gasteiger partial charge in [-0.1, -0.05) is 51.3 Å². The second-order valence-electron chi connectivity index (χ2n) is 7.39. The second kappa shape index (κ2) is 8.30. The summed E-state index contributed by atoms with van der Waals surface area (Å²) in [5, 5.41) is 6.43. The summed E-state index contributed by atoms with van der Waals surface area (Å²) < 4.78 is 0. The maximum Gasteiger partial charge on any atom is 0.274 e. The molecule has 0 saturated heterocycles. The minimum Gasteiger partial charge on any atom is -0.351 e. The van der Waals surface area contributed by atoms with Crippen LogP contribution < -0.4 is 10.6 Å². The first kappa shape index (κ1) is 18.4. The molecule has 2 N–H and O–H groups in total. The van der Waals surface area contributed by atoms with Gasteiger partial charge in [0, 0.05) is 17.9 Å². The number of carbonyl (C=O) groups excluding carboxylic acids is 1. The molecular weight excluding hydrogens is 324 g/mol. The highest BCUT2D eigenvalue weighted by Crippen LogP contribution is 2.28. The Morgan fingerprint density at radius 2 is 1.92 bits per heavy atom. The van der Waals surface area contributed by atoms with Crippen LogP contribution in [0, 0.1) is 6.92 Å². The molecule has 1 heterocycles. The van der Waals surface area contributed by atoms with Crippen LogP contribution in [-0.2, 0) is 0 Å². The summed E-state index contributed by atoms with van der Waals surface area (Å²) in [5.74, 6) is 0.674. The van der Waals surface area contributed by atoms with Crippen molar-refractivity contribution in [3.8, 4) is 0 Å². The van der Waals surface area contributed by atoms with E-state index in [9.17, 15) is 4.79 Å². The number of para-hydroxylation sites is 1. The number of hydrogen-bond acceptors (Lipinski definition) is 4. The SMILES string of the molecule is Cc1cccc(C(C)C)c1NC(=O)c1ccnc(NC2CCCCC2)n1. The van der Waals surface area contributed by atoms with Crippen molar-refractivity contribution in [1.29, 1.82) is 0 Å². The maximum atomic E-state index is 12.8. The molecule has 1 aromatic carbocycles. The molecule has 0 radical (unpaired) electrons. The summed E-state index contributed by atoms with van der Waals surface area (Å²) in [4.78, 5) is 21.5. The molecule has 0 atom stereocenters. The first-order chi connectivity index (χ1) is 12.5. The molecule has 0 aliphatic heterocycles. The molecule has 3 rings (SSSR count). The Hall–Kier alpha value is -2.43. The van der Waals surface area contributed by atoms with E-state index >= 15 is 0 Å². The summed E-state index contributed by atoms with van der Waals surface area (Å²) in [6.07, 6.45) is 7.71. The highest BCUT2D eigenvalue weighted by molar-refractivity contribution is 6.03. The zero-order chi connectivity index (χ0) is 18.5. The second-order valence-corrected chi connectivity index (χ2v) is 7.39. The largest absolute Gasteiger partial charge is 0.351 e. The smallest absolute Gasteiger partial charge is 0.274 e. The van der Waals surface area contributed by atoms with Gasteiger partial charge in [0.25, 0.3) is 5.91 Å². The molecule has 1 aromatic heterocycles. The van der Waals surface area contributed by atoms with Crippen LogP contribution in [0.2, 0.25) is 0 Å². The van der Waals surface area contributed by atoms with Crippen LogP contribution in [0.1, 0.15) is 73.5 Å². The molecule has 138 valence electrons. The first-order valence-corrected chi connectivity index (χ1v) is 9.55. The predicted molar refractivity (Wildman–Crippen MR) is 106 cm³/mol. The van der Waals surface area contributed by atoms with Gasteiger partial charge in [-0.25, -0.2) is 9.97 Å². The Morgan fingerprint density at radius 3 is 2.65 bits per heavy atom. The number of benzene rings is 1. The average molecular weight is 352 g/mol. The monoisotopic (exact) mass is 352 g/mol. The molecule has 0 spiro atoms. The minimum atomic E-state index is -0.199. The van der Waals surface area contributed by atoms with Crippen LogP contribution in [0.25, 0.3) is 0 Å². The lowest BCUT2D eigenvalue weighted by molar-refractivity contribution is 0.102. The molecule has 1 aliphatic rings. The van der Waals surface area contributed by atoms with Crippen LogP contribution in [0.15, 0.2) is 30.5 Å². The van der Waals surface area contributed by atoms with Crippen molar-refractivity contribution in [3.63, 3.8) is 0 Å². The van der Waals surface area contributed by atoms with E-state index in [0.29, 0.717) is 23.6 Å². The van der Waals surface area contributed by atoms with E-state index in [-0.39, 0.29) is 5.91 Å². The zero-order valence-electron chi connectivity index (χ0n) is 15.9. The van der Waals surface area contributed by atoms with Gasteiger partial charge in [0.1, 0.15) is 5.69 Å². The third kappa shape index (κ3) is 4.40. The molecule has 26 heavy (non-hydrogen) atoms. The zero-order valence-corrected chi connectivity index (χ0v) is 15.9. The molecule has 5 nitrogen and oxygen atoms in total. The van der Waals surface area contributed by atoms with Crippen LogP contribution in [-0.4, -0.2) is 21.9 Å². The lowest BCUT2D eigenvalue weighted by Crippen LogP contribution is -2.24. The Morgan fingerprint density at radius 1 is 1.15 bits per heavy atom. The van der Waals surface area contributed by atoms with Gasteiger partial charge in [-0.2, -0.15) is 0 Å². The summed E-state index contributed by atoms with van der Waals surface area (Å²) >= 11 is 0. The molecule has 1 fully saturated rings. The average Bonchev–Trinajstić information content (AvgIpc) is 2.64. The Balaban J connectivity index is 1.75. The third-order valence-electron chi connectivity index (χ3n) is 4.99. The molecule has 2 aromatic rings. The van der Waals surface area contributed by atoms with E-state index < -0.39 is 0 Å². The van der Waals surface area contributed by atoms with E-state index in [2.05, 4.69) is 40.5 Å². The van der Waals surface area contributed by atoms with Gasteiger partial charge < -0.3 is 10.6 Å². The van der Waals surface area contributed by atoms with Crippen LogP contribution in [0.4, 0.5) is 11.6 Å². The minimum absolute atomic E-state index is 0.199. The maximum absolute atomic E-state index is 12.8. The number of hydrogen-bond donors (Lipinski definition) is 2. The van der Waals surface area contributed by atoms with Gasteiger partial charge in [0.2, 0.25) is 5.95 Å². The molecule has 5 heteroatoms. The summed E-state index contributed by atoms with van der Waals surface area (Å²) in [6.45, 7) is 6.26. The first-order valence-electron chi connectivity index (χ1n) is 9.55. The van der Waals surface area contributed by atoms with Crippen molar-refractivity contribution in [2.24, 2.45) is 0 Å². The van der Waals surface area contributed by atoms with Crippen molar-refractivity contribution in [2.75, 3.05) is 10.6 Å². The van der Waals surface area contributed by atoms with Gasteiger partial charge in [0.05, 0.1) is 0 Å². The Labute approximate surface area is 155 Å². The van der Waals surface area contributed by atoms with E-state index in [1.807, 2.05) is 19.1 Å². The van der Waals surface area contributed by atoms with E-state index in [1.165, 1.54) is 19.3 Å². The van der Waals surface area contributed by atoms with Crippen LogP contribution in [0.5, 0.6) is 0 Å². The number of carbonyl (C=O) groups is 1. The number of anilines is 2. The number of aryl methyl sites for hydroxylation is 1. The van der Waals surface area contributed by atoms with Crippen molar-refractivity contribution in [2.45, 2.75) is 64.8 Å². The van der Waals surface area contributed by atoms with Crippen molar-refractivity contribution in [3.05, 3.63) is 47.3 Å². The lowest BCUT2D eigenvalue weighted by Gasteiger charge is -2.22. The molecule has 1 saturated carbocycles.